The highest BCUT2D eigenvalue weighted by Crippen LogP contribution is 2.24. The molecule has 1 aromatic rings. The highest BCUT2D eigenvalue weighted by molar-refractivity contribution is 6.11. The average molecular weight is 193 g/mol. The molecule has 3 N–H and O–H groups in total. The van der Waals surface area contributed by atoms with Gasteiger partial charge in [-0.25, -0.2) is 0 Å². The Morgan fingerprint density at radius 2 is 2.07 bits per heavy atom. The van der Waals surface area contributed by atoms with E-state index in [0.717, 1.165) is 0 Å². The minimum absolute atomic E-state index is 0.0303. The Morgan fingerprint density at radius 1 is 1.43 bits per heavy atom. The Morgan fingerprint density at radius 3 is 2.57 bits per heavy atom. The summed E-state index contributed by atoms with van der Waals surface area (Å²) in [5, 5.41) is 9.36. The zero-order valence-electron chi connectivity index (χ0n) is 7.78. The summed E-state index contributed by atoms with van der Waals surface area (Å²) in [4.78, 5) is 22.1. The molecule has 0 heterocycles. The summed E-state index contributed by atoms with van der Waals surface area (Å²) in [7, 11) is 0. The van der Waals surface area contributed by atoms with Crippen LogP contribution in [0, 0.1) is 0 Å². The summed E-state index contributed by atoms with van der Waals surface area (Å²) in [6.07, 6.45) is -0.234. The van der Waals surface area contributed by atoms with Crippen molar-refractivity contribution in [2.75, 3.05) is 5.73 Å². The topological polar surface area (TPSA) is 80.4 Å². The molecule has 0 radical (unpaired) electrons. The van der Waals surface area contributed by atoms with Crippen LogP contribution < -0.4 is 5.73 Å². The third-order valence-corrected chi connectivity index (χ3v) is 1.76. The molecule has 0 saturated heterocycles. The maximum atomic E-state index is 11.4. The van der Waals surface area contributed by atoms with Crippen molar-refractivity contribution in [3.8, 4) is 5.75 Å². The van der Waals surface area contributed by atoms with Crippen LogP contribution in [0.2, 0.25) is 0 Å². The molecule has 0 spiro atoms. The Bertz CT molecular complexity index is 365. The molecule has 0 saturated carbocycles. The van der Waals surface area contributed by atoms with E-state index >= 15 is 0 Å². The molecule has 0 aliphatic heterocycles. The summed E-state index contributed by atoms with van der Waals surface area (Å²) in [6, 6.07) is 4.41. The molecule has 0 aromatic heterocycles. The average Bonchev–Trinajstić information content (AvgIpc) is 2.01. The molecule has 4 nitrogen and oxygen atoms in total. The van der Waals surface area contributed by atoms with Crippen molar-refractivity contribution in [3.05, 3.63) is 23.8 Å². The Kier molecular flexibility index (Phi) is 2.86. The monoisotopic (exact) mass is 193 g/mol. The van der Waals surface area contributed by atoms with Gasteiger partial charge < -0.3 is 10.8 Å². The molecule has 0 fully saturated rings. The standard InChI is InChI=1S/C10H11NO3/c1-6(12)5-9(14)10-7(11)3-2-4-8(10)13/h2-4,13H,5,11H2,1H3. The van der Waals surface area contributed by atoms with Crippen LogP contribution >= 0.6 is 0 Å². The number of phenols is 1. The fourth-order valence-corrected chi connectivity index (χ4v) is 1.18. The maximum Gasteiger partial charge on any atom is 0.176 e. The van der Waals surface area contributed by atoms with E-state index in [0.29, 0.717) is 0 Å². The molecule has 0 amide bonds. The largest absolute Gasteiger partial charge is 0.507 e. The highest BCUT2D eigenvalue weighted by Gasteiger charge is 2.15. The van der Waals surface area contributed by atoms with Crippen LogP contribution in [0.3, 0.4) is 0 Å². The lowest BCUT2D eigenvalue weighted by Gasteiger charge is -2.05. The number of hydrogen-bond acceptors (Lipinski definition) is 4. The van der Waals surface area contributed by atoms with Gasteiger partial charge in [-0.3, -0.25) is 9.59 Å². The Hall–Kier alpha value is -1.84. The fraction of sp³-hybridized carbons (Fsp3) is 0.200. The van der Waals surface area contributed by atoms with Crippen LogP contribution in [0.1, 0.15) is 23.7 Å². The number of nitrogens with two attached hydrogens (primary N) is 1. The van der Waals surface area contributed by atoms with Gasteiger partial charge in [0, 0.05) is 5.69 Å². The first-order valence-electron chi connectivity index (χ1n) is 4.12. The number of benzene rings is 1. The van der Waals surface area contributed by atoms with Gasteiger partial charge in [0.2, 0.25) is 0 Å². The van der Waals surface area contributed by atoms with Gasteiger partial charge >= 0.3 is 0 Å². The first-order valence-corrected chi connectivity index (χ1v) is 4.12. The van der Waals surface area contributed by atoms with Gasteiger partial charge in [-0.1, -0.05) is 6.07 Å². The van der Waals surface area contributed by atoms with Gasteiger partial charge in [0.1, 0.15) is 11.5 Å². The summed E-state index contributed by atoms with van der Waals surface area (Å²) < 4.78 is 0. The molecule has 74 valence electrons. The molecular weight excluding hydrogens is 182 g/mol. The second-order valence-electron chi connectivity index (χ2n) is 3.04. The van der Waals surface area contributed by atoms with Crippen molar-refractivity contribution in [1.82, 2.24) is 0 Å². The smallest absolute Gasteiger partial charge is 0.176 e. The van der Waals surface area contributed by atoms with Crippen LogP contribution in [-0.2, 0) is 4.79 Å². The number of hydrogen-bond donors (Lipinski definition) is 2. The number of carbonyl (C=O) groups is 2. The van der Waals surface area contributed by atoms with E-state index in [9.17, 15) is 14.7 Å². The zero-order valence-corrected chi connectivity index (χ0v) is 7.78. The van der Waals surface area contributed by atoms with E-state index in [1.54, 1.807) is 0 Å². The van der Waals surface area contributed by atoms with Crippen molar-refractivity contribution in [1.29, 1.82) is 0 Å². The molecule has 0 bridgehead atoms. The van der Waals surface area contributed by atoms with E-state index in [1.165, 1.54) is 25.1 Å². The van der Waals surface area contributed by atoms with Crippen molar-refractivity contribution < 1.29 is 14.7 Å². The number of rotatable bonds is 3. The van der Waals surface area contributed by atoms with E-state index in [1.807, 2.05) is 0 Å². The molecular formula is C10H11NO3. The summed E-state index contributed by atoms with van der Waals surface area (Å²) in [6.45, 7) is 1.31. The van der Waals surface area contributed by atoms with Crippen molar-refractivity contribution in [2.24, 2.45) is 0 Å². The lowest BCUT2D eigenvalue weighted by atomic mass is 10.0. The zero-order chi connectivity index (χ0) is 10.7. The lowest BCUT2D eigenvalue weighted by molar-refractivity contribution is -0.116. The van der Waals surface area contributed by atoms with E-state index in [2.05, 4.69) is 0 Å². The Balaban J connectivity index is 3.06. The van der Waals surface area contributed by atoms with Gasteiger partial charge in [0.25, 0.3) is 0 Å². The number of nitrogen functional groups attached to an aromatic ring is 1. The second-order valence-corrected chi connectivity index (χ2v) is 3.04. The third-order valence-electron chi connectivity index (χ3n) is 1.76. The normalized spacial score (nSPS) is 9.79. The number of ketones is 2. The number of Topliss-reactive ketones (excluding diaryl/α,β-unsaturated/α-hetero) is 2. The van der Waals surface area contributed by atoms with E-state index in [-0.39, 0.29) is 29.2 Å². The van der Waals surface area contributed by atoms with Gasteiger partial charge in [-0.15, -0.1) is 0 Å². The third kappa shape index (κ3) is 2.10. The van der Waals surface area contributed by atoms with Crippen LogP contribution in [0.15, 0.2) is 18.2 Å². The number of anilines is 1. The van der Waals surface area contributed by atoms with Crippen molar-refractivity contribution >= 4 is 17.3 Å². The van der Waals surface area contributed by atoms with Crippen LogP contribution in [0.5, 0.6) is 5.75 Å². The SMILES string of the molecule is CC(=O)CC(=O)c1c(N)cccc1O. The number of carbonyl (C=O) groups excluding carboxylic acids is 2. The summed E-state index contributed by atoms with van der Waals surface area (Å²) in [5.74, 6) is -0.887. The van der Waals surface area contributed by atoms with Gasteiger partial charge in [-0.05, 0) is 19.1 Å². The minimum Gasteiger partial charge on any atom is -0.507 e. The maximum absolute atomic E-state index is 11.4. The fourth-order valence-electron chi connectivity index (χ4n) is 1.18. The molecule has 0 atom stereocenters. The van der Waals surface area contributed by atoms with Gasteiger partial charge in [0.15, 0.2) is 5.78 Å². The molecule has 1 aromatic carbocycles. The lowest BCUT2D eigenvalue weighted by Crippen LogP contribution is -2.08. The number of phenolic OH excluding ortho intramolecular Hbond substituents is 1. The molecule has 0 unspecified atom stereocenters. The van der Waals surface area contributed by atoms with Gasteiger partial charge in [-0.2, -0.15) is 0 Å². The minimum atomic E-state index is -0.451. The van der Waals surface area contributed by atoms with Crippen molar-refractivity contribution in [3.63, 3.8) is 0 Å². The second kappa shape index (κ2) is 3.91. The van der Waals surface area contributed by atoms with E-state index < -0.39 is 5.78 Å². The van der Waals surface area contributed by atoms with Crippen LogP contribution in [0.25, 0.3) is 0 Å². The molecule has 0 aliphatic rings. The summed E-state index contributed by atoms with van der Waals surface area (Å²) in [5.41, 5.74) is 5.73. The van der Waals surface area contributed by atoms with Crippen LogP contribution in [0.4, 0.5) is 5.69 Å². The molecule has 0 aliphatic carbocycles. The molecule has 1 rings (SSSR count). The van der Waals surface area contributed by atoms with E-state index in [4.69, 9.17) is 5.73 Å². The van der Waals surface area contributed by atoms with Crippen LogP contribution in [-0.4, -0.2) is 16.7 Å². The quantitative estimate of drug-likeness (QED) is 0.428. The molecule has 14 heavy (non-hydrogen) atoms. The number of aromatic hydroxyl groups is 1. The Labute approximate surface area is 81.3 Å². The highest BCUT2D eigenvalue weighted by atomic mass is 16.3. The predicted molar refractivity (Wildman–Crippen MR) is 52.1 cm³/mol. The van der Waals surface area contributed by atoms with Crippen molar-refractivity contribution in [2.45, 2.75) is 13.3 Å². The first-order chi connectivity index (χ1) is 6.52. The van der Waals surface area contributed by atoms with Gasteiger partial charge in [0.05, 0.1) is 12.0 Å². The predicted octanol–water partition coefficient (Wildman–Crippen LogP) is 1.14. The first kappa shape index (κ1) is 10.2. The summed E-state index contributed by atoms with van der Waals surface area (Å²) >= 11 is 0. The molecule has 4 heteroatoms.